The first-order valence-corrected chi connectivity index (χ1v) is 6.04. The summed E-state index contributed by atoms with van der Waals surface area (Å²) in [6, 6.07) is 0. The average molecular weight is 228 g/mol. The SMILES string of the molecule is CC.CC.CC1=CCC(C)/C(=N/S)C1=N. The second-order valence-corrected chi connectivity index (χ2v) is 3.08. The lowest BCUT2D eigenvalue weighted by molar-refractivity contribution is 0.789. The largest absolute Gasteiger partial charge is 0.299 e. The minimum Gasteiger partial charge on any atom is -0.299 e. The first-order valence-electron chi connectivity index (χ1n) is 5.64. The summed E-state index contributed by atoms with van der Waals surface area (Å²) < 4.78 is 3.81. The Morgan fingerprint density at radius 2 is 1.80 bits per heavy atom. The number of hydrogen-bond acceptors (Lipinski definition) is 3. The molecule has 1 aliphatic rings. The highest BCUT2D eigenvalue weighted by Crippen LogP contribution is 2.18. The normalized spacial score (nSPS) is 22.1. The zero-order valence-electron chi connectivity index (χ0n) is 10.8. The summed E-state index contributed by atoms with van der Waals surface area (Å²) in [6.07, 6.45) is 3.06. The third kappa shape index (κ3) is 5.17. The monoisotopic (exact) mass is 228 g/mol. The standard InChI is InChI=1S/C8H12N2S.2C2H6/c1-5-3-4-6(2)8(10-11)7(5)9;2*1-2/h3,6,9,11H,4H2,1-2H3;2*1-2H3/b9-7?,10-8-;;. The number of hydrogen-bond donors (Lipinski definition) is 2. The molecule has 0 amide bonds. The fraction of sp³-hybridized carbons (Fsp3) is 0.667. The molecule has 0 aromatic carbocycles. The van der Waals surface area contributed by atoms with E-state index in [1.807, 2.05) is 34.6 Å². The number of thiol groups is 1. The van der Waals surface area contributed by atoms with Crippen molar-refractivity contribution in [2.24, 2.45) is 10.3 Å². The van der Waals surface area contributed by atoms with Crippen molar-refractivity contribution in [1.29, 1.82) is 5.41 Å². The molecule has 1 N–H and O–H groups in total. The van der Waals surface area contributed by atoms with Crippen LogP contribution >= 0.6 is 12.8 Å². The van der Waals surface area contributed by atoms with Gasteiger partial charge in [-0.25, -0.2) is 4.40 Å². The van der Waals surface area contributed by atoms with Crippen LogP contribution in [-0.4, -0.2) is 11.4 Å². The van der Waals surface area contributed by atoms with Gasteiger partial charge in [-0.3, -0.25) is 5.41 Å². The molecular formula is C12H24N2S. The van der Waals surface area contributed by atoms with Crippen molar-refractivity contribution in [3.8, 4) is 0 Å². The van der Waals surface area contributed by atoms with Gasteiger partial charge < -0.3 is 0 Å². The summed E-state index contributed by atoms with van der Waals surface area (Å²) in [5.41, 5.74) is 2.36. The second kappa shape index (κ2) is 9.97. The Kier molecular flexibility index (Phi) is 11.2. The van der Waals surface area contributed by atoms with Crippen LogP contribution in [0.3, 0.4) is 0 Å². The second-order valence-electron chi connectivity index (χ2n) is 2.88. The molecule has 0 aromatic rings. The fourth-order valence-electron chi connectivity index (χ4n) is 1.16. The molecule has 0 radical (unpaired) electrons. The van der Waals surface area contributed by atoms with Crippen molar-refractivity contribution in [3.05, 3.63) is 11.6 Å². The number of rotatable bonds is 0. The molecule has 0 spiro atoms. The van der Waals surface area contributed by atoms with Crippen LogP contribution < -0.4 is 0 Å². The van der Waals surface area contributed by atoms with Crippen molar-refractivity contribution in [3.63, 3.8) is 0 Å². The lowest BCUT2D eigenvalue weighted by Gasteiger charge is -2.18. The molecule has 0 fully saturated rings. The maximum atomic E-state index is 7.63. The van der Waals surface area contributed by atoms with E-state index in [0.29, 0.717) is 11.6 Å². The molecule has 0 saturated heterocycles. The van der Waals surface area contributed by atoms with E-state index in [0.717, 1.165) is 17.7 Å². The number of nitrogens with one attached hydrogen (secondary N) is 1. The van der Waals surface area contributed by atoms with Gasteiger partial charge in [-0.1, -0.05) is 40.7 Å². The van der Waals surface area contributed by atoms with Crippen molar-refractivity contribution in [1.82, 2.24) is 0 Å². The van der Waals surface area contributed by atoms with Crippen LogP contribution in [-0.2, 0) is 0 Å². The van der Waals surface area contributed by atoms with Crippen molar-refractivity contribution >= 4 is 24.2 Å². The van der Waals surface area contributed by atoms with Gasteiger partial charge in [0.25, 0.3) is 0 Å². The van der Waals surface area contributed by atoms with Gasteiger partial charge in [0.15, 0.2) is 0 Å². The molecule has 1 rings (SSSR count). The summed E-state index contributed by atoms with van der Waals surface area (Å²) in [5, 5.41) is 7.63. The molecular weight excluding hydrogens is 204 g/mol. The van der Waals surface area contributed by atoms with Gasteiger partial charge >= 0.3 is 0 Å². The zero-order valence-corrected chi connectivity index (χ0v) is 11.7. The highest BCUT2D eigenvalue weighted by molar-refractivity contribution is 7.79. The number of nitrogens with zero attached hydrogens (tertiary/aromatic N) is 1. The van der Waals surface area contributed by atoms with Crippen LogP contribution in [0.15, 0.2) is 16.0 Å². The molecule has 0 heterocycles. The average Bonchev–Trinajstić information content (AvgIpc) is 2.30. The summed E-state index contributed by atoms with van der Waals surface area (Å²) in [7, 11) is 0. The van der Waals surface area contributed by atoms with Crippen LogP contribution in [0.5, 0.6) is 0 Å². The molecule has 0 aliphatic heterocycles. The van der Waals surface area contributed by atoms with Gasteiger partial charge in [0.2, 0.25) is 0 Å². The van der Waals surface area contributed by atoms with E-state index in [9.17, 15) is 0 Å². The molecule has 2 nitrogen and oxygen atoms in total. The lowest BCUT2D eigenvalue weighted by atomic mass is 9.88. The molecule has 88 valence electrons. The number of allylic oxidation sites excluding steroid dienone is 2. The van der Waals surface area contributed by atoms with Crippen LogP contribution in [0, 0.1) is 11.3 Å². The molecule has 0 aromatic heterocycles. The Labute approximate surface area is 99.9 Å². The summed E-state index contributed by atoms with van der Waals surface area (Å²) in [6.45, 7) is 12.0. The fourth-order valence-corrected chi connectivity index (χ4v) is 1.46. The van der Waals surface area contributed by atoms with Crippen molar-refractivity contribution in [2.75, 3.05) is 0 Å². The Balaban J connectivity index is 0. The van der Waals surface area contributed by atoms with E-state index in [1.54, 1.807) is 0 Å². The van der Waals surface area contributed by atoms with Gasteiger partial charge in [0.05, 0.1) is 11.4 Å². The Bertz CT molecular complexity index is 242. The van der Waals surface area contributed by atoms with E-state index in [-0.39, 0.29) is 0 Å². The van der Waals surface area contributed by atoms with E-state index < -0.39 is 0 Å². The Morgan fingerprint density at radius 1 is 1.33 bits per heavy atom. The van der Waals surface area contributed by atoms with E-state index >= 15 is 0 Å². The molecule has 1 atom stereocenters. The smallest absolute Gasteiger partial charge is 0.0790 e. The van der Waals surface area contributed by atoms with Crippen LogP contribution in [0.25, 0.3) is 0 Å². The summed E-state index contributed by atoms with van der Waals surface area (Å²) in [5.74, 6) is 0.351. The van der Waals surface area contributed by atoms with Crippen LogP contribution in [0.2, 0.25) is 0 Å². The minimum absolute atomic E-state index is 0.351. The molecule has 0 saturated carbocycles. The Morgan fingerprint density at radius 3 is 2.13 bits per heavy atom. The topological polar surface area (TPSA) is 36.2 Å². The summed E-state index contributed by atoms with van der Waals surface area (Å²) in [4.78, 5) is 0. The maximum Gasteiger partial charge on any atom is 0.0790 e. The van der Waals surface area contributed by atoms with Gasteiger partial charge in [0.1, 0.15) is 0 Å². The quantitative estimate of drug-likeness (QED) is 0.579. The van der Waals surface area contributed by atoms with Gasteiger partial charge in [-0.15, -0.1) is 0 Å². The highest BCUT2D eigenvalue weighted by Gasteiger charge is 2.19. The first-order chi connectivity index (χ1) is 7.16. The highest BCUT2D eigenvalue weighted by atomic mass is 32.1. The third-order valence-electron chi connectivity index (χ3n) is 2.00. The van der Waals surface area contributed by atoms with Gasteiger partial charge in [0, 0.05) is 5.92 Å². The molecule has 3 heteroatoms. The molecule has 1 unspecified atom stereocenters. The van der Waals surface area contributed by atoms with Crippen LogP contribution in [0.4, 0.5) is 0 Å². The van der Waals surface area contributed by atoms with E-state index in [1.165, 1.54) is 0 Å². The first kappa shape index (κ1) is 16.8. The van der Waals surface area contributed by atoms with Gasteiger partial charge in [-0.2, -0.15) is 0 Å². The van der Waals surface area contributed by atoms with E-state index in [4.69, 9.17) is 5.41 Å². The molecule has 0 bridgehead atoms. The minimum atomic E-state index is 0.351. The third-order valence-corrected chi connectivity index (χ3v) is 2.22. The van der Waals surface area contributed by atoms with Gasteiger partial charge in [-0.05, 0) is 31.7 Å². The van der Waals surface area contributed by atoms with Crippen molar-refractivity contribution < 1.29 is 0 Å². The van der Waals surface area contributed by atoms with E-state index in [2.05, 4.69) is 30.2 Å². The predicted molar refractivity (Wildman–Crippen MR) is 74.4 cm³/mol. The zero-order chi connectivity index (χ0) is 12.4. The molecule has 1 aliphatic carbocycles. The Hall–Kier alpha value is -0.570. The molecule has 15 heavy (non-hydrogen) atoms. The lowest BCUT2D eigenvalue weighted by Crippen LogP contribution is -2.25. The summed E-state index contributed by atoms with van der Waals surface area (Å²) >= 11 is 3.84. The maximum absolute atomic E-state index is 7.63. The van der Waals surface area contributed by atoms with Crippen molar-refractivity contribution in [2.45, 2.75) is 48.0 Å². The predicted octanol–water partition coefficient (Wildman–Crippen LogP) is 4.33. The van der Waals surface area contributed by atoms with Crippen LogP contribution in [0.1, 0.15) is 48.0 Å².